The van der Waals surface area contributed by atoms with Gasteiger partial charge >= 0.3 is 0 Å². The van der Waals surface area contributed by atoms with Crippen molar-refractivity contribution in [2.24, 2.45) is 0 Å². The summed E-state index contributed by atoms with van der Waals surface area (Å²) in [6.45, 7) is 15.6. The molecule has 8 heteroatoms. The quantitative estimate of drug-likeness (QED) is 0.202. The van der Waals surface area contributed by atoms with Crippen molar-refractivity contribution in [3.63, 3.8) is 0 Å². The maximum absolute atomic E-state index is 13.7. The molecule has 1 aromatic rings. The number of carbonyl (C=O) groups is 2. The van der Waals surface area contributed by atoms with E-state index in [9.17, 15) is 9.59 Å². The van der Waals surface area contributed by atoms with Crippen LogP contribution in [-0.2, 0) is 19.1 Å². The Labute approximate surface area is 236 Å². The predicted octanol–water partition coefficient (Wildman–Crippen LogP) is 5.04. The van der Waals surface area contributed by atoms with Gasteiger partial charge in [0, 0.05) is 31.7 Å². The van der Waals surface area contributed by atoms with E-state index in [0.717, 1.165) is 101 Å². The molecule has 0 aliphatic carbocycles. The average molecular weight is 546 g/mol. The number of hydrogen-bond donors (Lipinski definition) is 1. The molecule has 0 aromatic heterocycles. The minimum Gasteiger partial charge on any atom is -0.342 e. The Morgan fingerprint density at radius 3 is 2.44 bits per heavy atom. The molecular formula is C31H53N4O4+. The lowest BCUT2D eigenvalue weighted by Crippen LogP contribution is -2.63. The van der Waals surface area contributed by atoms with Crippen LogP contribution in [0.3, 0.4) is 0 Å². The molecule has 3 atom stereocenters. The van der Waals surface area contributed by atoms with Crippen LogP contribution in [0, 0.1) is 13.8 Å². The fourth-order valence-corrected chi connectivity index (χ4v) is 6.36. The number of likely N-dealkylation sites (tertiary alicyclic amines) is 2. The van der Waals surface area contributed by atoms with Gasteiger partial charge in [-0.25, -0.2) is 0 Å². The van der Waals surface area contributed by atoms with Crippen molar-refractivity contribution in [1.29, 1.82) is 0 Å². The zero-order valence-electron chi connectivity index (χ0n) is 25.2. The van der Waals surface area contributed by atoms with Crippen molar-refractivity contribution in [1.82, 2.24) is 9.80 Å². The zero-order chi connectivity index (χ0) is 28.3. The van der Waals surface area contributed by atoms with E-state index in [0.29, 0.717) is 17.9 Å². The standard InChI is InChI=1S/C31H52N4O4/c1-6-9-20-35(21-13-11-18-28(35)30(36)32-29-25(4)15-14-16-26(29)5)23-39-24-38-22-34-19-12-10-17-27(34)31(37)33(7-2)8-3/h14-16,27-28H,6-13,17-24H2,1-5H3/p+1. The number of quaternary nitrogens is 1. The number of anilines is 1. The maximum atomic E-state index is 13.7. The second-order valence-corrected chi connectivity index (χ2v) is 11.4. The van der Waals surface area contributed by atoms with Gasteiger partial charge in [0.05, 0.1) is 19.1 Å². The van der Waals surface area contributed by atoms with Crippen LogP contribution in [0.15, 0.2) is 18.2 Å². The third kappa shape index (κ3) is 8.26. The summed E-state index contributed by atoms with van der Waals surface area (Å²) in [6.07, 6.45) is 8.21. The monoisotopic (exact) mass is 545 g/mol. The molecule has 2 aliphatic rings. The van der Waals surface area contributed by atoms with Crippen molar-refractivity contribution < 1.29 is 23.5 Å². The number of aryl methyl sites for hydroxylation is 2. The fourth-order valence-electron chi connectivity index (χ4n) is 6.36. The van der Waals surface area contributed by atoms with Crippen molar-refractivity contribution >= 4 is 17.5 Å². The molecule has 1 N–H and O–H groups in total. The lowest BCUT2D eigenvalue weighted by Gasteiger charge is -2.46. The molecular weight excluding hydrogens is 492 g/mol. The van der Waals surface area contributed by atoms with Gasteiger partial charge in [0.25, 0.3) is 5.91 Å². The SMILES string of the molecule is CCCC[N+]1(COCOCN2CCCCC2C(=O)N(CC)CC)CCCCC1C(=O)Nc1c(C)cccc1C. The van der Waals surface area contributed by atoms with E-state index in [4.69, 9.17) is 9.47 Å². The first-order valence-corrected chi connectivity index (χ1v) is 15.3. The zero-order valence-corrected chi connectivity index (χ0v) is 25.2. The van der Waals surface area contributed by atoms with Crippen LogP contribution in [0.5, 0.6) is 0 Å². The minimum absolute atomic E-state index is 0.0961. The summed E-state index contributed by atoms with van der Waals surface area (Å²) >= 11 is 0. The highest BCUT2D eigenvalue weighted by Gasteiger charge is 2.44. The maximum Gasteiger partial charge on any atom is 0.282 e. The summed E-state index contributed by atoms with van der Waals surface area (Å²) in [4.78, 5) is 30.8. The predicted molar refractivity (Wildman–Crippen MR) is 156 cm³/mol. The number of nitrogens with zero attached hydrogens (tertiary/aromatic N) is 3. The number of nitrogens with one attached hydrogen (secondary N) is 1. The number of piperidine rings is 2. The van der Waals surface area contributed by atoms with E-state index < -0.39 is 0 Å². The molecule has 0 spiro atoms. The number of para-hydroxylation sites is 1. The van der Waals surface area contributed by atoms with Gasteiger partial charge in [-0.05, 0) is 70.9 Å². The summed E-state index contributed by atoms with van der Waals surface area (Å²) < 4.78 is 12.8. The van der Waals surface area contributed by atoms with Crippen molar-refractivity contribution in [2.75, 3.05) is 58.3 Å². The summed E-state index contributed by atoms with van der Waals surface area (Å²) in [5.41, 5.74) is 3.11. The molecule has 3 rings (SSSR count). The third-order valence-corrected chi connectivity index (χ3v) is 8.73. The molecule has 1 aromatic carbocycles. The largest absolute Gasteiger partial charge is 0.342 e. The Morgan fingerprint density at radius 1 is 1.03 bits per heavy atom. The Kier molecular flexibility index (Phi) is 12.7. The normalized spacial score (nSPS) is 23.9. The Balaban J connectivity index is 1.61. The van der Waals surface area contributed by atoms with Gasteiger partial charge in [0.1, 0.15) is 6.73 Å². The number of hydrogen-bond acceptors (Lipinski definition) is 5. The first-order chi connectivity index (χ1) is 18.9. The summed E-state index contributed by atoms with van der Waals surface area (Å²) in [5, 5.41) is 3.27. The lowest BCUT2D eigenvalue weighted by molar-refractivity contribution is -0.964. The highest BCUT2D eigenvalue weighted by Crippen LogP contribution is 2.29. The van der Waals surface area contributed by atoms with E-state index in [1.54, 1.807) is 0 Å². The van der Waals surface area contributed by atoms with E-state index in [2.05, 4.69) is 17.1 Å². The van der Waals surface area contributed by atoms with Crippen LogP contribution in [0.1, 0.15) is 83.3 Å². The molecule has 8 nitrogen and oxygen atoms in total. The Hall–Kier alpha value is -2.00. The fraction of sp³-hybridized carbons (Fsp3) is 0.742. The minimum atomic E-state index is -0.137. The molecule has 0 saturated carbocycles. The highest BCUT2D eigenvalue weighted by molar-refractivity contribution is 5.95. The molecule has 2 heterocycles. The molecule has 2 fully saturated rings. The van der Waals surface area contributed by atoms with E-state index in [1.807, 2.05) is 50.8 Å². The van der Waals surface area contributed by atoms with Crippen LogP contribution >= 0.6 is 0 Å². The van der Waals surface area contributed by atoms with Crippen LogP contribution in [0.4, 0.5) is 5.69 Å². The van der Waals surface area contributed by atoms with Gasteiger partial charge in [-0.1, -0.05) is 38.0 Å². The molecule has 220 valence electrons. The molecule has 2 saturated heterocycles. The topological polar surface area (TPSA) is 71.1 Å². The van der Waals surface area contributed by atoms with Crippen LogP contribution < -0.4 is 5.32 Å². The number of benzene rings is 1. The molecule has 0 radical (unpaired) electrons. The highest BCUT2D eigenvalue weighted by atomic mass is 16.7. The molecule has 2 amide bonds. The van der Waals surface area contributed by atoms with Gasteiger partial charge in [-0.2, -0.15) is 0 Å². The summed E-state index contributed by atoms with van der Waals surface area (Å²) in [6, 6.07) is 5.88. The van der Waals surface area contributed by atoms with E-state index >= 15 is 0 Å². The number of amides is 2. The summed E-state index contributed by atoms with van der Waals surface area (Å²) in [5.74, 6) is 0.304. The molecule has 2 aliphatic heterocycles. The second-order valence-electron chi connectivity index (χ2n) is 11.4. The molecule has 39 heavy (non-hydrogen) atoms. The smallest absolute Gasteiger partial charge is 0.282 e. The van der Waals surface area contributed by atoms with E-state index in [-0.39, 0.29) is 30.7 Å². The van der Waals surface area contributed by atoms with Crippen LogP contribution in [-0.4, -0.2) is 91.2 Å². The van der Waals surface area contributed by atoms with Crippen molar-refractivity contribution in [2.45, 2.75) is 98.1 Å². The Morgan fingerprint density at radius 2 is 1.74 bits per heavy atom. The number of unbranched alkanes of at least 4 members (excludes halogenated alkanes) is 1. The summed E-state index contributed by atoms with van der Waals surface area (Å²) in [7, 11) is 0. The first-order valence-electron chi connectivity index (χ1n) is 15.3. The lowest BCUT2D eigenvalue weighted by atomic mass is 9.96. The van der Waals surface area contributed by atoms with Crippen molar-refractivity contribution in [3.8, 4) is 0 Å². The van der Waals surface area contributed by atoms with Gasteiger partial charge in [-0.3, -0.25) is 19.0 Å². The number of ether oxygens (including phenoxy) is 2. The van der Waals surface area contributed by atoms with Gasteiger partial charge in [0.2, 0.25) is 5.91 Å². The van der Waals surface area contributed by atoms with E-state index in [1.165, 1.54) is 0 Å². The molecule has 3 unspecified atom stereocenters. The second kappa shape index (κ2) is 15.7. The first kappa shape index (κ1) is 31.5. The average Bonchev–Trinajstić information content (AvgIpc) is 2.94. The Bertz CT molecular complexity index is 902. The third-order valence-electron chi connectivity index (χ3n) is 8.73. The van der Waals surface area contributed by atoms with Gasteiger partial charge in [0.15, 0.2) is 19.6 Å². The van der Waals surface area contributed by atoms with Gasteiger partial charge < -0.3 is 19.7 Å². The van der Waals surface area contributed by atoms with Crippen molar-refractivity contribution in [3.05, 3.63) is 29.3 Å². The number of carbonyl (C=O) groups excluding carboxylic acids is 2. The van der Waals surface area contributed by atoms with Gasteiger partial charge in [-0.15, -0.1) is 0 Å². The van der Waals surface area contributed by atoms with Crippen LogP contribution in [0.2, 0.25) is 0 Å². The molecule has 0 bridgehead atoms. The van der Waals surface area contributed by atoms with Crippen LogP contribution in [0.25, 0.3) is 0 Å². The number of likely N-dealkylation sites (N-methyl/N-ethyl adjacent to an activating group) is 1. The number of rotatable bonds is 14.